The van der Waals surface area contributed by atoms with Gasteiger partial charge < -0.3 is 5.32 Å². The third-order valence-corrected chi connectivity index (χ3v) is 5.50. The van der Waals surface area contributed by atoms with Crippen LogP contribution in [0.1, 0.15) is 26.7 Å². The summed E-state index contributed by atoms with van der Waals surface area (Å²) < 4.78 is 27.1. The summed E-state index contributed by atoms with van der Waals surface area (Å²) in [5.74, 6) is 0.319. The van der Waals surface area contributed by atoms with E-state index in [0.29, 0.717) is 18.2 Å². The Morgan fingerprint density at radius 1 is 1.47 bits per heavy atom. The molecule has 1 saturated heterocycles. The number of hydrogen-bond acceptors (Lipinski definition) is 4. The Bertz CT molecular complexity index is 543. The van der Waals surface area contributed by atoms with E-state index in [2.05, 4.69) is 24.1 Å². The Labute approximate surface area is 115 Å². The zero-order chi connectivity index (χ0) is 14.0. The van der Waals surface area contributed by atoms with Gasteiger partial charge in [0, 0.05) is 25.8 Å². The van der Waals surface area contributed by atoms with Crippen LogP contribution in [0.3, 0.4) is 0 Å². The Balaban J connectivity index is 2.42. The molecule has 0 bridgehead atoms. The first-order valence-corrected chi connectivity index (χ1v) is 8.07. The molecule has 0 aromatic carbocycles. The van der Waals surface area contributed by atoms with Crippen LogP contribution >= 0.6 is 0 Å². The smallest absolute Gasteiger partial charge is 0.262 e. The lowest BCUT2D eigenvalue weighted by atomic mass is 10.0. The van der Waals surface area contributed by atoms with Crippen molar-refractivity contribution in [1.29, 1.82) is 0 Å². The summed E-state index contributed by atoms with van der Waals surface area (Å²) in [4.78, 5) is 4.07. The van der Waals surface area contributed by atoms with Crippen LogP contribution in [0.25, 0.3) is 0 Å². The second kappa shape index (κ2) is 5.46. The fourth-order valence-corrected chi connectivity index (χ4v) is 4.57. The molecular formula is C13H21N3O2S. The summed E-state index contributed by atoms with van der Waals surface area (Å²) >= 11 is 0. The van der Waals surface area contributed by atoms with Crippen molar-refractivity contribution in [3.63, 3.8) is 0 Å². The zero-order valence-corrected chi connectivity index (χ0v) is 12.4. The van der Waals surface area contributed by atoms with Crippen molar-refractivity contribution in [3.05, 3.63) is 18.3 Å². The summed E-state index contributed by atoms with van der Waals surface area (Å²) in [6.45, 7) is 4.72. The van der Waals surface area contributed by atoms with E-state index in [4.69, 9.17) is 0 Å². The van der Waals surface area contributed by atoms with Gasteiger partial charge in [0.25, 0.3) is 10.0 Å². The lowest BCUT2D eigenvalue weighted by molar-refractivity contribution is 0.315. The minimum absolute atomic E-state index is 0.0803. The largest absolute Gasteiger partial charge is 0.386 e. The molecule has 5 nitrogen and oxygen atoms in total. The van der Waals surface area contributed by atoms with E-state index in [1.165, 1.54) is 6.20 Å². The van der Waals surface area contributed by atoms with Gasteiger partial charge in [0.15, 0.2) is 5.03 Å². The quantitative estimate of drug-likeness (QED) is 0.917. The van der Waals surface area contributed by atoms with Gasteiger partial charge in [-0.05, 0) is 30.9 Å². The normalized spacial score (nSPS) is 20.9. The molecule has 6 heteroatoms. The van der Waals surface area contributed by atoms with Crippen molar-refractivity contribution in [2.75, 3.05) is 18.9 Å². The van der Waals surface area contributed by atoms with Gasteiger partial charge in [-0.15, -0.1) is 0 Å². The molecule has 1 aromatic rings. The van der Waals surface area contributed by atoms with Gasteiger partial charge in [-0.1, -0.05) is 13.8 Å². The standard InChI is InChI=1S/C13H21N3O2S/c1-10(2)12-7-5-9-16(12)19(17,18)13-11(14-3)6-4-8-15-13/h4,6,8,10,12,14H,5,7,9H2,1-3H3. The summed E-state index contributed by atoms with van der Waals surface area (Å²) in [5.41, 5.74) is 0.553. The highest BCUT2D eigenvalue weighted by molar-refractivity contribution is 7.89. The molecule has 1 N–H and O–H groups in total. The lowest BCUT2D eigenvalue weighted by Gasteiger charge is -2.27. The molecule has 0 radical (unpaired) electrons. The molecule has 0 aliphatic carbocycles. The molecule has 0 amide bonds. The van der Waals surface area contributed by atoms with Crippen molar-refractivity contribution in [1.82, 2.24) is 9.29 Å². The molecule has 106 valence electrons. The van der Waals surface area contributed by atoms with Crippen molar-refractivity contribution in [2.45, 2.75) is 37.8 Å². The highest BCUT2D eigenvalue weighted by Crippen LogP contribution is 2.31. The molecule has 2 rings (SSSR count). The second-order valence-corrected chi connectivity index (χ2v) is 6.98. The maximum atomic E-state index is 12.8. The molecule has 2 heterocycles. The number of sulfonamides is 1. The second-order valence-electron chi connectivity index (χ2n) is 5.18. The van der Waals surface area contributed by atoms with Crippen LogP contribution in [0.5, 0.6) is 0 Å². The van der Waals surface area contributed by atoms with Crippen LogP contribution in [0.4, 0.5) is 5.69 Å². The van der Waals surface area contributed by atoms with E-state index in [-0.39, 0.29) is 11.1 Å². The molecule has 1 fully saturated rings. The van der Waals surface area contributed by atoms with E-state index < -0.39 is 10.0 Å². The maximum Gasteiger partial charge on any atom is 0.262 e. The number of pyridine rings is 1. The molecule has 1 unspecified atom stereocenters. The van der Waals surface area contributed by atoms with Crippen LogP contribution in [0.15, 0.2) is 23.4 Å². The predicted octanol–water partition coefficient (Wildman–Crippen LogP) is 1.93. The third-order valence-electron chi connectivity index (χ3n) is 3.61. The van der Waals surface area contributed by atoms with Gasteiger partial charge in [0.05, 0.1) is 5.69 Å². The van der Waals surface area contributed by atoms with Crippen LogP contribution in [0, 0.1) is 5.92 Å². The van der Waals surface area contributed by atoms with E-state index >= 15 is 0 Å². The van der Waals surface area contributed by atoms with Gasteiger partial charge in [-0.3, -0.25) is 0 Å². The number of nitrogens with one attached hydrogen (secondary N) is 1. The van der Waals surface area contributed by atoms with Gasteiger partial charge in [0.2, 0.25) is 0 Å². The average Bonchev–Trinajstić information content (AvgIpc) is 2.88. The first kappa shape index (κ1) is 14.3. The minimum atomic E-state index is -3.52. The van der Waals surface area contributed by atoms with Gasteiger partial charge >= 0.3 is 0 Å². The van der Waals surface area contributed by atoms with Crippen LogP contribution < -0.4 is 5.32 Å². The Kier molecular flexibility index (Phi) is 4.10. The number of rotatable bonds is 4. The summed E-state index contributed by atoms with van der Waals surface area (Å²) in [6.07, 6.45) is 3.37. The topological polar surface area (TPSA) is 62.3 Å². The van der Waals surface area contributed by atoms with Gasteiger partial charge in [-0.2, -0.15) is 4.31 Å². The van der Waals surface area contributed by atoms with Crippen LogP contribution in [-0.2, 0) is 10.0 Å². The average molecular weight is 283 g/mol. The molecule has 0 spiro atoms. The summed E-state index contributed by atoms with van der Waals surface area (Å²) in [5, 5.41) is 3.03. The molecule has 19 heavy (non-hydrogen) atoms. The monoisotopic (exact) mass is 283 g/mol. The van der Waals surface area contributed by atoms with Crippen molar-refractivity contribution in [2.24, 2.45) is 5.92 Å². The summed E-state index contributed by atoms with van der Waals surface area (Å²) in [6, 6.07) is 3.55. The predicted molar refractivity (Wildman–Crippen MR) is 75.5 cm³/mol. The molecule has 1 aliphatic heterocycles. The highest BCUT2D eigenvalue weighted by Gasteiger charge is 2.38. The molecular weight excluding hydrogens is 262 g/mol. The first-order chi connectivity index (χ1) is 8.98. The number of hydrogen-bond donors (Lipinski definition) is 1. The number of aromatic nitrogens is 1. The minimum Gasteiger partial charge on any atom is -0.386 e. The van der Waals surface area contributed by atoms with Crippen molar-refractivity contribution < 1.29 is 8.42 Å². The first-order valence-electron chi connectivity index (χ1n) is 6.63. The van der Waals surface area contributed by atoms with E-state index in [1.807, 2.05) is 0 Å². The molecule has 1 atom stereocenters. The highest BCUT2D eigenvalue weighted by atomic mass is 32.2. The number of nitrogens with zero attached hydrogens (tertiary/aromatic N) is 2. The van der Waals surface area contributed by atoms with Crippen LogP contribution in [0.2, 0.25) is 0 Å². The molecule has 1 aromatic heterocycles. The Morgan fingerprint density at radius 3 is 2.84 bits per heavy atom. The Morgan fingerprint density at radius 2 is 2.21 bits per heavy atom. The Hall–Kier alpha value is -1.14. The molecule has 1 aliphatic rings. The van der Waals surface area contributed by atoms with E-state index in [1.54, 1.807) is 23.5 Å². The fourth-order valence-electron chi connectivity index (χ4n) is 2.63. The fraction of sp³-hybridized carbons (Fsp3) is 0.615. The summed E-state index contributed by atoms with van der Waals surface area (Å²) in [7, 11) is -1.81. The SMILES string of the molecule is CNc1cccnc1S(=O)(=O)N1CCCC1C(C)C. The van der Waals surface area contributed by atoms with Crippen LogP contribution in [-0.4, -0.2) is 37.3 Å². The third kappa shape index (κ3) is 2.60. The maximum absolute atomic E-state index is 12.8. The lowest BCUT2D eigenvalue weighted by Crippen LogP contribution is -2.39. The van der Waals surface area contributed by atoms with Gasteiger partial charge in [0.1, 0.15) is 0 Å². The molecule has 0 saturated carbocycles. The van der Waals surface area contributed by atoms with Gasteiger partial charge in [-0.25, -0.2) is 13.4 Å². The van der Waals surface area contributed by atoms with Crippen molar-refractivity contribution in [3.8, 4) is 0 Å². The van der Waals surface area contributed by atoms with Crippen molar-refractivity contribution >= 4 is 15.7 Å². The van der Waals surface area contributed by atoms with E-state index in [9.17, 15) is 8.42 Å². The van der Waals surface area contributed by atoms with E-state index in [0.717, 1.165) is 12.8 Å². The number of anilines is 1. The zero-order valence-electron chi connectivity index (χ0n) is 11.6.